The van der Waals surface area contributed by atoms with Gasteiger partial charge in [-0.25, -0.2) is 0 Å². The highest BCUT2D eigenvalue weighted by molar-refractivity contribution is 6.34. The molecular formula is C28H28ClN3O2. The van der Waals surface area contributed by atoms with Crippen molar-refractivity contribution in [3.8, 4) is 0 Å². The van der Waals surface area contributed by atoms with Gasteiger partial charge in [-0.3, -0.25) is 14.5 Å². The number of hydrogen-bond acceptors (Lipinski definition) is 3. The van der Waals surface area contributed by atoms with Crippen LogP contribution in [0.5, 0.6) is 0 Å². The summed E-state index contributed by atoms with van der Waals surface area (Å²) in [6, 6.07) is 25.0. The average Bonchev–Trinajstić information content (AvgIpc) is 3.34. The van der Waals surface area contributed by atoms with E-state index in [0.717, 1.165) is 43.7 Å². The third-order valence-corrected chi connectivity index (χ3v) is 7.19. The summed E-state index contributed by atoms with van der Waals surface area (Å²) in [6.45, 7) is 3.57. The molecule has 0 aromatic heterocycles. The van der Waals surface area contributed by atoms with Crippen molar-refractivity contribution in [3.63, 3.8) is 0 Å². The smallest absolute Gasteiger partial charge is 0.254 e. The molecule has 0 saturated carbocycles. The first-order valence-electron chi connectivity index (χ1n) is 11.8. The zero-order valence-electron chi connectivity index (χ0n) is 19.0. The molecule has 2 heterocycles. The van der Waals surface area contributed by atoms with E-state index >= 15 is 0 Å². The monoisotopic (exact) mass is 473 g/mol. The molecule has 0 aliphatic carbocycles. The minimum Gasteiger partial charge on any atom is -0.336 e. The second kappa shape index (κ2) is 10.00. The van der Waals surface area contributed by atoms with E-state index in [4.69, 9.17) is 11.6 Å². The SMILES string of the molecule is O=C(Nc1ccc(C(=O)N2CCN3CCC[C@@H]3C2)cc1Cl)C(c1ccccc1)c1ccccc1. The summed E-state index contributed by atoms with van der Waals surface area (Å²) in [6.07, 6.45) is 2.36. The van der Waals surface area contributed by atoms with Crippen molar-refractivity contribution in [3.05, 3.63) is 101 Å². The summed E-state index contributed by atoms with van der Waals surface area (Å²) < 4.78 is 0. The topological polar surface area (TPSA) is 52.7 Å². The van der Waals surface area contributed by atoms with Crippen LogP contribution in [0.25, 0.3) is 0 Å². The average molecular weight is 474 g/mol. The van der Waals surface area contributed by atoms with Crippen LogP contribution in [-0.4, -0.2) is 53.8 Å². The number of anilines is 1. The molecule has 0 bridgehead atoms. The van der Waals surface area contributed by atoms with E-state index in [2.05, 4.69) is 10.2 Å². The Morgan fingerprint density at radius 2 is 1.56 bits per heavy atom. The summed E-state index contributed by atoms with van der Waals surface area (Å²) in [5.74, 6) is -0.643. The molecule has 5 nitrogen and oxygen atoms in total. The van der Waals surface area contributed by atoms with E-state index in [-0.39, 0.29) is 11.8 Å². The second-order valence-corrected chi connectivity index (χ2v) is 9.43. The van der Waals surface area contributed by atoms with E-state index in [1.165, 1.54) is 6.42 Å². The fourth-order valence-electron chi connectivity index (χ4n) is 5.10. The highest BCUT2D eigenvalue weighted by Crippen LogP contribution is 2.30. The summed E-state index contributed by atoms with van der Waals surface area (Å²) in [5.41, 5.74) is 2.86. The van der Waals surface area contributed by atoms with E-state index in [1.807, 2.05) is 65.6 Å². The molecule has 34 heavy (non-hydrogen) atoms. The number of nitrogens with one attached hydrogen (secondary N) is 1. The molecule has 1 atom stereocenters. The fourth-order valence-corrected chi connectivity index (χ4v) is 5.33. The number of hydrogen-bond donors (Lipinski definition) is 1. The lowest BCUT2D eigenvalue weighted by Gasteiger charge is -2.37. The van der Waals surface area contributed by atoms with E-state index in [0.29, 0.717) is 22.3 Å². The molecule has 1 N–H and O–H groups in total. The van der Waals surface area contributed by atoms with Crippen molar-refractivity contribution in [1.82, 2.24) is 9.80 Å². The normalized spacial score (nSPS) is 18.1. The van der Waals surface area contributed by atoms with E-state index in [1.54, 1.807) is 18.2 Å². The Balaban J connectivity index is 1.33. The molecule has 174 valence electrons. The van der Waals surface area contributed by atoms with Crippen LogP contribution in [0, 0.1) is 0 Å². The Kier molecular flexibility index (Phi) is 6.66. The number of nitrogens with zero attached hydrogens (tertiary/aromatic N) is 2. The molecule has 3 aromatic rings. The predicted molar refractivity (Wildman–Crippen MR) is 135 cm³/mol. The van der Waals surface area contributed by atoms with Crippen LogP contribution in [0.1, 0.15) is 40.2 Å². The highest BCUT2D eigenvalue weighted by Gasteiger charge is 2.33. The third-order valence-electron chi connectivity index (χ3n) is 6.88. The number of rotatable bonds is 5. The zero-order valence-corrected chi connectivity index (χ0v) is 19.7. The number of halogens is 1. The van der Waals surface area contributed by atoms with Crippen LogP contribution in [-0.2, 0) is 4.79 Å². The van der Waals surface area contributed by atoms with Crippen LogP contribution in [0.3, 0.4) is 0 Å². The van der Waals surface area contributed by atoms with Gasteiger partial charge in [-0.2, -0.15) is 0 Å². The van der Waals surface area contributed by atoms with Gasteiger partial charge in [-0.1, -0.05) is 72.3 Å². The Morgan fingerprint density at radius 1 is 0.882 bits per heavy atom. The van der Waals surface area contributed by atoms with Gasteiger partial charge in [0.05, 0.1) is 16.6 Å². The maximum Gasteiger partial charge on any atom is 0.254 e. The quantitative estimate of drug-likeness (QED) is 0.565. The lowest BCUT2D eigenvalue weighted by atomic mass is 9.90. The Hall–Kier alpha value is -3.15. The van der Waals surface area contributed by atoms with Gasteiger partial charge < -0.3 is 10.2 Å². The maximum absolute atomic E-state index is 13.4. The fraction of sp³-hybridized carbons (Fsp3) is 0.286. The molecule has 6 heteroatoms. The predicted octanol–water partition coefficient (Wildman–Crippen LogP) is 5.03. The van der Waals surface area contributed by atoms with Crippen molar-refractivity contribution in [2.75, 3.05) is 31.5 Å². The van der Waals surface area contributed by atoms with Gasteiger partial charge in [0.15, 0.2) is 0 Å². The molecule has 2 aliphatic heterocycles. The molecule has 0 spiro atoms. The largest absolute Gasteiger partial charge is 0.336 e. The number of amides is 2. The molecule has 0 unspecified atom stereocenters. The van der Waals surface area contributed by atoms with Crippen LogP contribution in [0.2, 0.25) is 5.02 Å². The van der Waals surface area contributed by atoms with Crippen LogP contribution >= 0.6 is 11.6 Å². The highest BCUT2D eigenvalue weighted by atomic mass is 35.5. The Bertz CT molecular complexity index is 1130. The molecule has 2 fully saturated rings. The van der Waals surface area contributed by atoms with E-state index in [9.17, 15) is 9.59 Å². The molecule has 0 radical (unpaired) electrons. The van der Waals surface area contributed by atoms with Gasteiger partial charge >= 0.3 is 0 Å². The Labute approximate surface area is 205 Å². The van der Waals surface area contributed by atoms with E-state index < -0.39 is 5.92 Å². The number of carbonyl (C=O) groups is 2. The molecule has 5 rings (SSSR count). The standard InChI is InChI=1S/C28H28ClN3O2/c29-24-18-22(28(34)32-17-16-31-15-7-12-23(31)19-32)13-14-25(24)30-27(33)26(20-8-3-1-4-9-20)21-10-5-2-6-11-21/h1-6,8-11,13-14,18,23,26H,7,12,15-17,19H2,(H,30,33)/t23-/m1/s1. The summed E-state index contributed by atoms with van der Waals surface area (Å²) in [5, 5.41) is 3.34. The first-order chi connectivity index (χ1) is 16.6. The van der Waals surface area contributed by atoms with Crippen molar-refractivity contribution in [2.45, 2.75) is 24.8 Å². The first kappa shape index (κ1) is 22.6. The van der Waals surface area contributed by atoms with Crippen molar-refractivity contribution >= 4 is 29.1 Å². The zero-order chi connectivity index (χ0) is 23.5. The first-order valence-corrected chi connectivity index (χ1v) is 12.2. The number of benzene rings is 3. The lowest BCUT2D eigenvalue weighted by molar-refractivity contribution is -0.116. The number of fused-ring (bicyclic) bond motifs is 1. The van der Waals surface area contributed by atoms with Gasteiger partial charge in [0.25, 0.3) is 5.91 Å². The second-order valence-electron chi connectivity index (χ2n) is 9.02. The molecule has 2 saturated heterocycles. The summed E-state index contributed by atoms with van der Waals surface area (Å²) >= 11 is 6.55. The lowest BCUT2D eigenvalue weighted by Crippen LogP contribution is -2.52. The molecule has 2 aliphatic rings. The minimum absolute atomic E-state index is 0.00206. The van der Waals surface area contributed by atoms with Gasteiger partial charge in [0.2, 0.25) is 5.91 Å². The van der Waals surface area contributed by atoms with Gasteiger partial charge in [-0.05, 0) is 48.7 Å². The van der Waals surface area contributed by atoms with Crippen LogP contribution < -0.4 is 5.32 Å². The molecule has 3 aromatic carbocycles. The third kappa shape index (κ3) is 4.72. The minimum atomic E-state index is -0.470. The maximum atomic E-state index is 13.4. The van der Waals surface area contributed by atoms with Crippen molar-refractivity contribution < 1.29 is 9.59 Å². The van der Waals surface area contributed by atoms with Crippen molar-refractivity contribution in [2.24, 2.45) is 0 Å². The van der Waals surface area contributed by atoms with Crippen LogP contribution in [0.4, 0.5) is 5.69 Å². The molecular weight excluding hydrogens is 446 g/mol. The molecule has 2 amide bonds. The number of piperazine rings is 1. The summed E-state index contributed by atoms with van der Waals surface area (Å²) in [4.78, 5) is 30.9. The van der Waals surface area contributed by atoms with Gasteiger partial charge in [-0.15, -0.1) is 0 Å². The van der Waals surface area contributed by atoms with Crippen LogP contribution in [0.15, 0.2) is 78.9 Å². The Morgan fingerprint density at radius 3 is 2.21 bits per heavy atom. The van der Waals surface area contributed by atoms with Gasteiger partial charge in [0.1, 0.15) is 0 Å². The number of carbonyl (C=O) groups excluding carboxylic acids is 2. The van der Waals surface area contributed by atoms with Crippen molar-refractivity contribution in [1.29, 1.82) is 0 Å². The van der Waals surface area contributed by atoms with Gasteiger partial charge in [0, 0.05) is 31.2 Å². The summed E-state index contributed by atoms with van der Waals surface area (Å²) in [7, 11) is 0.